The van der Waals surface area contributed by atoms with Gasteiger partial charge in [-0.2, -0.15) is 0 Å². The Kier molecular flexibility index (Phi) is 6.06. The third-order valence-corrected chi connectivity index (χ3v) is 4.69. The normalized spacial score (nSPS) is 15.5. The molecule has 28 heavy (non-hydrogen) atoms. The van der Waals surface area contributed by atoms with Crippen LogP contribution >= 0.6 is 23.2 Å². The van der Waals surface area contributed by atoms with Gasteiger partial charge in [0, 0.05) is 18.0 Å². The average Bonchev–Trinajstić information content (AvgIpc) is 2.68. The Labute approximate surface area is 171 Å². The van der Waals surface area contributed by atoms with Gasteiger partial charge in [-0.15, -0.1) is 0 Å². The number of carbonyl (C=O) groups is 3. The zero-order valence-electron chi connectivity index (χ0n) is 14.9. The Morgan fingerprint density at radius 3 is 2.68 bits per heavy atom. The maximum atomic E-state index is 12.4. The van der Waals surface area contributed by atoms with Gasteiger partial charge in [0.15, 0.2) is 6.10 Å². The van der Waals surface area contributed by atoms with E-state index in [4.69, 9.17) is 27.9 Å². The number of nitrogens with zero attached hydrogens (tertiary/aromatic N) is 1. The first kappa shape index (κ1) is 20.0. The molecule has 0 saturated heterocycles. The third-order valence-electron chi connectivity index (χ3n) is 4.12. The molecule has 0 bridgehead atoms. The number of fused-ring (bicyclic) bond motifs is 1. The molecule has 1 atom stereocenters. The van der Waals surface area contributed by atoms with Gasteiger partial charge in [0.2, 0.25) is 5.91 Å². The van der Waals surface area contributed by atoms with Crippen LogP contribution in [0.2, 0.25) is 10.0 Å². The summed E-state index contributed by atoms with van der Waals surface area (Å²) in [5, 5.41) is 0.556. The average molecular weight is 422 g/mol. The minimum absolute atomic E-state index is 0.0175. The Bertz CT molecular complexity index is 935. The van der Waals surface area contributed by atoms with E-state index < -0.39 is 17.9 Å². The Hall–Kier alpha value is -2.77. The Balaban J connectivity index is 1.58. The van der Waals surface area contributed by atoms with Crippen molar-refractivity contribution in [3.8, 4) is 5.75 Å². The van der Waals surface area contributed by atoms with Crippen LogP contribution < -0.4 is 20.5 Å². The molecule has 3 amide bonds. The van der Waals surface area contributed by atoms with Crippen molar-refractivity contribution >= 4 is 46.6 Å². The highest BCUT2D eigenvalue weighted by molar-refractivity contribution is 6.35. The van der Waals surface area contributed by atoms with Crippen molar-refractivity contribution in [1.82, 2.24) is 10.9 Å². The molecule has 2 aromatic carbocycles. The van der Waals surface area contributed by atoms with Crippen LogP contribution in [0.4, 0.5) is 5.69 Å². The van der Waals surface area contributed by atoms with Crippen molar-refractivity contribution < 1.29 is 19.1 Å². The van der Waals surface area contributed by atoms with Crippen LogP contribution in [0.5, 0.6) is 5.75 Å². The summed E-state index contributed by atoms with van der Waals surface area (Å²) in [4.78, 5) is 38.1. The number of nitrogens with one attached hydrogen (secondary N) is 2. The molecule has 146 valence electrons. The number of anilines is 1. The molecule has 0 saturated carbocycles. The number of benzene rings is 2. The number of para-hydroxylation sites is 2. The second-order valence-corrected chi connectivity index (χ2v) is 6.94. The minimum atomic E-state index is -0.636. The maximum absolute atomic E-state index is 12.4. The van der Waals surface area contributed by atoms with E-state index in [0.717, 1.165) is 0 Å². The van der Waals surface area contributed by atoms with Gasteiger partial charge >= 0.3 is 0 Å². The summed E-state index contributed by atoms with van der Waals surface area (Å²) in [6, 6.07) is 11.5. The second kappa shape index (κ2) is 8.50. The topological polar surface area (TPSA) is 87.7 Å². The van der Waals surface area contributed by atoms with Crippen molar-refractivity contribution in [2.45, 2.75) is 19.4 Å². The number of ether oxygens (including phenoxy) is 1. The van der Waals surface area contributed by atoms with Crippen LogP contribution in [0.1, 0.15) is 23.7 Å². The highest BCUT2D eigenvalue weighted by Crippen LogP contribution is 2.33. The number of rotatable bonds is 4. The van der Waals surface area contributed by atoms with E-state index in [0.29, 0.717) is 16.5 Å². The molecule has 0 radical (unpaired) electrons. The summed E-state index contributed by atoms with van der Waals surface area (Å²) < 4.78 is 5.56. The fourth-order valence-electron chi connectivity index (χ4n) is 2.73. The van der Waals surface area contributed by atoms with E-state index >= 15 is 0 Å². The molecule has 9 heteroatoms. The van der Waals surface area contributed by atoms with Crippen LogP contribution in [-0.2, 0) is 9.59 Å². The molecular formula is C19H17Cl2N3O4. The first-order valence-electron chi connectivity index (χ1n) is 8.48. The Morgan fingerprint density at radius 1 is 1.14 bits per heavy atom. The lowest BCUT2D eigenvalue weighted by molar-refractivity contribution is -0.125. The molecule has 1 aliphatic rings. The monoisotopic (exact) mass is 421 g/mol. The number of carbonyl (C=O) groups excluding carboxylic acids is 3. The van der Waals surface area contributed by atoms with E-state index in [1.807, 2.05) is 6.07 Å². The van der Waals surface area contributed by atoms with Crippen molar-refractivity contribution in [2.75, 3.05) is 11.4 Å². The lowest BCUT2D eigenvalue weighted by Crippen LogP contribution is -2.47. The highest BCUT2D eigenvalue weighted by atomic mass is 35.5. The number of amides is 3. The number of halogens is 2. The van der Waals surface area contributed by atoms with Gasteiger partial charge in [-0.25, -0.2) is 0 Å². The van der Waals surface area contributed by atoms with Crippen LogP contribution in [0.15, 0.2) is 42.5 Å². The number of hydrazine groups is 1. The molecule has 1 aliphatic heterocycles. The molecule has 0 spiro atoms. The fourth-order valence-corrected chi connectivity index (χ4v) is 3.11. The second-order valence-electron chi connectivity index (χ2n) is 6.09. The van der Waals surface area contributed by atoms with Crippen LogP contribution in [0.3, 0.4) is 0 Å². The summed E-state index contributed by atoms with van der Waals surface area (Å²) in [7, 11) is 0. The molecule has 1 unspecified atom stereocenters. The van der Waals surface area contributed by atoms with Crippen LogP contribution in [-0.4, -0.2) is 30.4 Å². The van der Waals surface area contributed by atoms with Gasteiger partial charge in [0.05, 0.1) is 16.3 Å². The predicted octanol–water partition coefficient (Wildman–Crippen LogP) is 2.96. The van der Waals surface area contributed by atoms with E-state index in [-0.39, 0.29) is 29.5 Å². The van der Waals surface area contributed by atoms with Crippen molar-refractivity contribution in [3.05, 3.63) is 58.1 Å². The number of hydrogen-bond donors (Lipinski definition) is 2. The Morgan fingerprint density at radius 2 is 1.89 bits per heavy atom. The molecule has 2 N–H and O–H groups in total. The summed E-state index contributed by atoms with van der Waals surface area (Å²) in [6.07, 6.45) is -0.654. The third kappa shape index (κ3) is 4.37. The summed E-state index contributed by atoms with van der Waals surface area (Å²) in [5.74, 6) is -0.710. The van der Waals surface area contributed by atoms with Crippen molar-refractivity contribution in [3.63, 3.8) is 0 Å². The van der Waals surface area contributed by atoms with Gasteiger partial charge < -0.3 is 9.64 Å². The first-order chi connectivity index (χ1) is 13.4. The summed E-state index contributed by atoms with van der Waals surface area (Å²) >= 11 is 11.8. The molecule has 0 aliphatic carbocycles. The summed E-state index contributed by atoms with van der Waals surface area (Å²) in [6.45, 7) is 1.80. The van der Waals surface area contributed by atoms with Gasteiger partial charge in [0.1, 0.15) is 5.75 Å². The lowest BCUT2D eigenvalue weighted by atomic mass is 10.1. The predicted molar refractivity (Wildman–Crippen MR) is 106 cm³/mol. The van der Waals surface area contributed by atoms with Crippen molar-refractivity contribution in [1.29, 1.82) is 0 Å². The van der Waals surface area contributed by atoms with Crippen LogP contribution in [0, 0.1) is 0 Å². The summed E-state index contributed by atoms with van der Waals surface area (Å²) in [5.41, 5.74) is 5.34. The molecule has 3 rings (SSSR count). The zero-order chi connectivity index (χ0) is 20.3. The van der Waals surface area contributed by atoms with Gasteiger partial charge in [-0.05, 0) is 37.3 Å². The van der Waals surface area contributed by atoms with E-state index in [1.54, 1.807) is 31.2 Å². The SMILES string of the molecule is CC1Oc2ccccc2N(CCC(=O)NNC(=O)c2cc(Cl)ccc2Cl)C1=O. The first-order valence-corrected chi connectivity index (χ1v) is 9.23. The van der Waals surface area contributed by atoms with E-state index in [9.17, 15) is 14.4 Å². The molecule has 7 nitrogen and oxygen atoms in total. The highest BCUT2D eigenvalue weighted by Gasteiger charge is 2.31. The molecule has 0 aromatic heterocycles. The molecular weight excluding hydrogens is 405 g/mol. The largest absolute Gasteiger partial charge is 0.479 e. The van der Waals surface area contributed by atoms with E-state index in [2.05, 4.69) is 10.9 Å². The molecule has 2 aromatic rings. The van der Waals surface area contributed by atoms with Gasteiger partial charge in [-0.1, -0.05) is 35.3 Å². The van der Waals surface area contributed by atoms with Gasteiger partial charge in [0.25, 0.3) is 11.8 Å². The van der Waals surface area contributed by atoms with Gasteiger partial charge in [-0.3, -0.25) is 25.2 Å². The number of hydrogen-bond acceptors (Lipinski definition) is 4. The van der Waals surface area contributed by atoms with Crippen molar-refractivity contribution in [2.24, 2.45) is 0 Å². The van der Waals surface area contributed by atoms with E-state index in [1.165, 1.54) is 17.0 Å². The lowest BCUT2D eigenvalue weighted by Gasteiger charge is -2.32. The maximum Gasteiger partial charge on any atom is 0.271 e. The smallest absolute Gasteiger partial charge is 0.271 e. The molecule has 0 fully saturated rings. The standard InChI is InChI=1S/C19H17Cl2N3O4/c1-11-19(27)24(15-4-2-3-5-16(15)28-11)9-8-17(25)22-23-18(26)13-10-12(20)6-7-14(13)21/h2-7,10-11H,8-9H2,1H3,(H,22,25)(H,23,26). The fraction of sp³-hybridized carbons (Fsp3) is 0.211. The van der Waals surface area contributed by atoms with Crippen LogP contribution in [0.25, 0.3) is 0 Å². The molecule has 1 heterocycles. The zero-order valence-corrected chi connectivity index (χ0v) is 16.4. The minimum Gasteiger partial charge on any atom is -0.479 e. The quantitative estimate of drug-likeness (QED) is 0.742.